The lowest BCUT2D eigenvalue weighted by atomic mass is 10.1. The number of nitrogens with one attached hydrogen (secondary N) is 2. The minimum absolute atomic E-state index is 0. The molecule has 1 amide bonds. The van der Waals surface area contributed by atoms with Crippen LogP contribution in [0.25, 0.3) is 10.8 Å². The van der Waals surface area contributed by atoms with Crippen molar-refractivity contribution in [3.63, 3.8) is 0 Å². The molecule has 0 spiro atoms. The Morgan fingerprint density at radius 2 is 1.66 bits per heavy atom. The SMILES string of the molecule is COc1cc(Nc2cc(Oc3ccc(NC(=O)OC(C)(C)C)c4ccccc34)ccn2)ccc1C(=O)O.Cl. The van der Waals surface area contributed by atoms with Crippen LogP contribution in [0.15, 0.2) is 72.9 Å². The molecule has 9 nitrogen and oxygen atoms in total. The zero-order valence-electron chi connectivity index (χ0n) is 21.3. The van der Waals surface area contributed by atoms with E-state index in [1.165, 1.54) is 13.2 Å². The molecule has 0 saturated heterocycles. The number of amides is 1. The summed E-state index contributed by atoms with van der Waals surface area (Å²) in [6.45, 7) is 5.42. The van der Waals surface area contributed by atoms with Gasteiger partial charge in [0, 0.05) is 34.8 Å². The standard InChI is InChI=1S/C28H27N3O6.ClH/c1-28(2,3)37-27(34)31-22-11-12-23(20-8-6-5-7-19(20)22)36-18-13-14-29-25(16-18)30-17-9-10-21(26(32)33)24(15-17)35-4;/h5-16H,1-4H3,(H,29,30)(H,31,34)(H,32,33);1H. The van der Waals surface area contributed by atoms with Crippen LogP contribution in [0.2, 0.25) is 0 Å². The van der Waals surface area contributed by atoms with Crippen LogP contribution in [0.1, 0.15) is 31.1 Å². The third-order valence-corrected chi connectivity index (χ3v) is 5.18. The van der Waals surface area contributed by atoms with Gasteiger partial charge in [-0.3, -0.25) is 5.32 Å². The van der Waals surface area contributed by atoms with Gasteiger partial charge in [-0.15, -0.1) is 12.4 Å². The summed E-state index contributed by atoms with van der Waals surface area (Å²) in [5.74, 6) is 0.780. The molecule has 1 heterocycles. The van der Waals surface area contributed by atoms with E-state index in [-0.39, 0.29) is 23.7 Å². The highest BCUT2D eigenvalue weighted by Gasteiger charge is 2.18. The van der Waals surface area contributed by atoms with Crippen LogP contribution in [0.5, 0.6) is 17.2 Å². The number of carboxylic acid groups (broad SMARTS) is 1. The number of methoxy groups -OCH3 is 1. The number of aromatic nitrogens is 1. The summed E-state index contributed by atoms with van der Waals surface area (Å²) in [5, 5.41) is 16.8. The number of ether oxygens (including phenoxy) is 3. The van der Waals surface area contributed by atoms with Crippen LogP contribution >= 0.6 is 12.4 Å². The van der Waals surface area contributed by atoms with Gasteiger partial charge in [0.15, 0.2) is 0 Å². The third-order valence-electron chi connectivity index (χ3n) is 5.18. The van der Waals surface area contributed by atoms with Crippen molar-refractivity contribution >= 4 is 52.4 Å². The van der Waals surface area contributed by atoms with Crippen LogP contribution < -0.4 is 20.1 Å². The number of nitrogens with zero attached hydrogens (tertiary/aromatic N) is 1. The molecule has 0 atom stereocenters. The van der Waals surface area contributed by atoms with E-state index in [0.29, 0.717) is 28.7 Å². The van der Waals surface area contributed by atoms with Crippen LogP contribution in [0.3, 0.4) is 0 Å². The number of carboxylic acids is 1. The van der Waals surface area contributed by atoms with Crippen molar-refractivity contribution in [2.75, 3.05) is 17.7 Å². The Kier molecular flexibility index (Phi) is 8.64. The van der Waals surface area contributed by atoms with Crippen molar-refractivity contribution in [1.82, 2.24) is 4.98 Å². The largest absolute Gasteiger partial charge is 0.496 e. The highest BCUT2D eigenvalue weighted by Crippen LogP contribution is 2.35. The fraction of sp³-hybridized carbons (Fsp3) is 0.179. The van der Waals surface area contributed by atoms with Crippen molar-refractivity contribution in [3.05, 3.63) is 78.5 Å². The smallest absolute Gasteiger partial charge is 0.412 e. The average molecular weight is 538 g/mol. The highest BCUT2D eigenvalue weighted by atomic mass is 35.5. The molecular weight excluding hydrogens is 510 g/mol. The summed E-state index contributed by atoms with van der Waals surface area (Å²) in [6.07, 6.45) is 1.06. The number of pyridine rings is 1. The number of fused-ring (bicyclic) bond motifs is 1. The summed E-state index contributed by atoms with van der Waals surface area (Å²) >= 11 is 0. The monoisotopic (exact) mass is 537 g/mol. The first-order valence-electron chi connectivity index (χ1n) is 11.5. The van der Waals surface area contributed by atoms with E-state index in [4.69, 9.17) is 14.2 Å². The Hall–Kier alpha value is -4.50. The number of rotatable bonds is 7. The lowest BCUT2D eigenvalue weighted by Gasteiger charge is -2.20. The first kappa shape index (κ1) is 28.1. The van der Waals surface area contributed by atoms with Gasteiger partial charge in [-0.1, -0.05) is 24.3 Å². The van der Waals surface area contributed by atoms with Crippen LogP contribution in [-0.4, -0.2) is 34.9 Å². The van der Waals surface area contributed by atoms with Crippen molar-refractivity contribution in [3.8, 4) is 17.2 Å². The lowest BCUT2D eigenvalue weighted by molar-refractivity contribution is 0.0634. The molecule has 10 heteroatoms. The maximum atomic E-state index is 12.3. The number of benzene rings is 3. The van der Waals surface area contributed by atoms with Gasteiger partial charge in [-0.25, -0.2) is 14.6 Å². The number of halogens is 1. The minimum Gasteiger partial charge on any atom is -0.496 e. The molecule has 4 aromatic rings. The van der Waals surface area contributed by atoms with E-state index in [0.717, 1.165) is 10.8 Å². The van der Waals surface area contributed by atoms with Crippen LogP contribution in [0, 0.1) is 0 Å². The van der Waals surface area contributed by atoms with Gasteiger partial charge in [0.25, 0.3) is 0 Å². The number of carbonyl (C=O) groups is 2. The van der Waals surface area contributed by atoms with Gasteiger partial charge in [0.1, 0.15) is 34.2 Å². The molecule has 0 bridgehead atoms. The van der Waals surface area contributed by atoms with Gasteiger partial charge in [-0.05, 0) is 51.1 Å². The number of carbonyl (C=O) groups excluding carboxylic acids is 1. The van der Waals surface area contributed by atoms with E-state index in [2.05, 4.69) is 15.6 Å². The molecule has 1 aromatic heterocycles. The van der Waals surface area contributed by atoms with Gasteiger partial charge in [0.2, 0.25) is 0 Å². The number of hydrogen-bond acceptors (Lipinski definition) is 7. The number of anilines is 3. The minimum atomic E-state index is -1.07. The lowest BCUT2D eigenvalue weighted by Crippen LogP contribution is -2.27. The topological polar surface area (TPSA) is 119 Å². The third kappa shape index (κ3) is 6.83. The molecule has 0 aliphatic heterocycles. The second kappa shape index (κ2) is 11.7. The molecule has 0 saturated carbocycles. The first-order chi connectivity index (χ1) is 17.6. The van der Waals surface area contributed by atoms with Crippen molar-refractivity contribution < 1.29 is 28.9 Å². The maximum absolute atomic E-state index is 12.3. The predicted octanol–water partition coefficient (Wildman–Crippen LogP) is 7.25. The van der Waals surface area contributed by atoms with Gasteiger partial charge >= 0.3 is 12.1 Å². The van der Waals surface area contributed by atoms with Gasteiger partial charge < -0.3 is 24.6 Å². The summed E-state index contributed by atoms with van der Waals surface area (Å²) in [6, 6.07) is 19.2. The second-order valence-corrected chi connectivity index (χ2v) is 9.11. The molecule has 38 heavy (non-hydrogen) atoms. The summed E-state index contributed by atoms with van der Waals surface area (Å²) in [7, 11) is 1.41. The van der Waals surface area contributed by atoms with Crippen LogP contribution in [0.4, 0.5) is 22.0 Å². The molecule has 198 valence electrons. The molecule has 0 aliphatic rings. The van der Waals surface area contributed by atoms with Gasteiger partial charge in [-0.2, -0.15) is 0 Å². The number of hydrogen-bond donors (Lipinski definition) is 3. The Morgan fingerprint density at radius 3 is 2.34 bits per heavy atom. The van der Waals surface area contributed by atoms with E-state index in [1.54, 1.807) is 63.4 Å². The molecule has 3 N–H and O–H groups in total. The van der Waals surface area contributed by atoms with E-state index >= 15 is 0 Å². The normalized spacial score (nSPS) is 10.7. The Balaban J connectivity index is 0.00000400. The average Bonchev–Trinajstić information content (AvgIpc) is 2.84. The first-order valence-corrected chi connectivity index (χ1v) is 11.5. The molecule has 0 aliphatic carbocycles. The Labute approximate surface area is 226 Å². The van der Waals surface area contributed by atoms with Crippen molar-refractivity contribution in [2.24, 2.45) is 0 Å². The maximum Gasteiger partial charge on any atom is 0.412 e. The van der Waals surface area contributed by atoms with E-state index in [9.17, 15) is 14.7 Å². The summed E-state index contributed by atoms with van der Waals surface area (Å²) in [5.41, 5.74) is 0.663. The molecule has 4 rings (SSSR count). The van der Waals surface area contributed by atoms with Crippen molar-refractivity contribution in [2.45, 2.75) is 26.4 Å². The Bertz CT molecular complexity index is 1470. The molecule has 3 aromatic carbocycles. The zero-order chi connectivity index (χ0) is 26.6. The summed E-state index contributed by atoms with van der Waals surface area (Å²) < 4.78 is 16.7. The molecular formula is C28H28ClN3O6. The molecule has 0 radical (unpaired) electrons. The second-order valence-electron chi connectivity index (χ2n) is 9.11. The fourth-order valence-electron chi connectivity index (χ4n) is 3.65. The zero-order valence-corrected chi connectivity index (χ0v) is 22.1. The van der Waals surface area contributed by atoms with Crippen molar-refractivity contribution in [1.29, 1.82) is 0 Å². The van der Waals surface area contributed by atoms with Gasteiger partial charge in [0.05, 0.1) is 12.8 Å². The van der Waals surface area contributed by atoms with Crippen LogP contribution in [-0.2, 0) is 4.74 Å². The van der Waals surface area contributed by atoms with E-state index < -0.39 is 17.7 Å². The summed E-state index contributed by atoms with van der Waals surface area (Å²) in [4.78, 5) is 28.0. The molecule has 0 fully saturated rings. The fourth-order valence-corrected chi connectivity index (χ4v) is 3.65. The Morgan fingerprint density at radius 1 is 0.921 bits per heavy atom. The highest BCUT2D eigenvalue weighted by molar-refractivity contribution is 6.03. The van der Waals surface area contributed by atoms with E-state index in [1.807, 2.05) is 24.3 Å². The molecule has 0 unspecified atom stereocenters. The predicted molar refractivity (Wildman–Crippen MR) is 149 cm³/mol. The quantitative estimate of drug-likeness (QED) is 0.225. The number of aromatic carboxylic acids is 1.